The van der Waals surface area contributed by atoms with E-state index in [-0.39, 0.29) is 29.9 Å². The molecule has 2 rings (SSSR count). The van der Waals surface area contributed by atoms with Gasteiger partial charge in [0.15, 0.2) is 5.96 Å². The number of benzene rings is 1. The van der Waals surface area contributed by atoms with Gasteiger partial charge in [0.25, 0.3) is 5.91 Å². The van der Waals surface area contributed by atoms with E-state index in [2.05, 4.69) is 42.0 Å². The maximum atomic E-state index is 12.1. The van der Waals surface area contributed by atoms with E-state index in [1.54, 1.807) is 12.3 Å². The van der Waals surface area contributed by atoms with E-state index in [9.17, 15) is 4.79 Å². The van der Waals surface area contributed by atoms with Crippen LogP contribution in [-0.4, -0.2) is 47.8 Å². The second-order valence-electron chi connectivity index (χ2n) is 5.93. The molecule has 0 bridgehead atoms. The number of carbonyl (C=O) groups excluding carboxylic acids is 1. The normalized spacial score (nSPS) is 10.9. The molecule has 28 heavy (non-hydrogen) atoms. The van der Waals surface area contributed by atoms with Crippen LogP contribution in [0, 0.1) is 0 Å². The molecule has 1 aromatic carbocycles. The Morgan fingerprint density at radius 2 is 2.00 bits per heavy atom. The van der Waals surface area contributed by atoms with Crippen molar-refractivity contribution in [2.45, 2.75) is 26.3 Å². The van der Waals surface area contributed by atoms with E-state index in [1.165, 1.54) is 0 Å². The average Bonchev–Trinajstić information content (AvgIpc) is 3.18. The molecule has 3 N–H and O–H groups in total. The van der Waals surface area contributed by atoms with Crippen molar-refractivity contribution in [3.63, 3.8) is 0 Å². The molecule has 1 aromatic heterocycles. The Hall–Kier alpha value is -1.62. The molecule has 0 spiro atoms. The average molecular weight is 563 g/mol. The number of hydrogen-bond donors (Lipinski definition) is 3. The van der Waals surface area contributed by atoms with Crippen molar-refractivity contribution in [2.75, 3.05) is 26.2 Å². The van der Waals surface area contributed by atoms with Crippen LogP contribution in [-0.2, 0) is 6.54 Å². The van der Waals surface area contributed by atoms with Crippen LogP contribution < -0.4 is 16.0 Å². The zero-order valence-corrected chi connectivity index (χ0v) is 19.9. The van der Waals surface area contributed by atoms with Crippen LogP contribution >= 0.6 is 39.9 Å². The summed E-state index contributed by atoms with van der Waals surface area (Å²) in [5.41, 5.74) is 0.657. The number of halogens is 2. The van der Waals surface area contributed by atoms with Crippen LogP contribution in [0.5, 0.6) is 0 Å². The number of nitrogens with zero attached hydrogens (tertiary/aromatic N) is 3. The minimum absolute atomic E-state index is 0. The standard InChI is InChI=1S/C19H27BrN6O.HI/c1-2-21-19(24-11-5-13-26-14-6-12-25-26)23-10-4-9-22-18(27)16-7-3-8-17(20)15-16;/h3,6-8,12,14-15H,2,4-5,9-11,13H2,1H3,(H,22,27)(H2,21,23,24);1H. The van der Waals surface area contributed by atoms with Crippen LogP contribution in [0.2, 0.25) is 0 Å². The van der Waals surface area contributed by atoms with Crippen LogP contribution in [0.3, 0.4) is 0 Å². The van der Waals surface area contributed by atoms with Gasteiger partial charge in [-0.3, -0.25) is 14.5 Å². The van der Waals surface area contributed by atoms with Gasteiger partial charge in [0.2, 0.25) is 0 Å². The van der Waals surface area contributed by atoms with Gasteiger partial charge in [-0.1, -0.05) is 22.0 Å². The highest BCUT2D eigenvalue weighted by molar-refractivity contribution is 14.0. The molecule has 0 fully saturated rings. The molecule has 0 aliphatic carbocycles. The predicted molar refractivity (Wildman–Crippen MR) is 127 cm³/mol. The van der Waals surface area contributed by atoms with Crippen LogP contribution in [0.25, 0.3) is 0 Å². The Morgan fingerprint density at radius 3 is 2.71 bits per heavy atom. The SMILES string of the molecule is CCNC(=NCCCn1cccn1)NCCCNC(=O)c1cccc(Br)c1.I. The third kappa shape index (κ3) is 9.54. The predicted octanol–water partition coefficient (Wildman–Crippen LogP) is 3.03. The number of carbonyl (C=O) groups is 1. The summed E-state index contributed by atoms with van der Waals surface area (Å²) >= 11 is 3.38. The van der Waals surface area contributed by atoms with E-state index >= 15 is 0 Å². The molecule has 0 saturated carbocycles. The fourth-order valence-corrected chi connectivity index (χ4v) is 2.83. The number of aromatic nitrogens is 2. The summed E-state index contributed by atoms with van der Waals surface area (Å²) in [6, 6.07) is 9.29. The van der Waals surface area contributed by atoms with Crippen molar-refractivity contribution in [1.29, 1.82) is 0 Å². The van der Waals surface area contributed by atoms with E-state index < -0.39 is 0 Å². The van der Waals surface area contributed by atoms with Gasteiger partial charge >= 0.3 is 0 Å². The number of hydrogen-bond acceptors (Lipinski definition) is 3. The number of aliphatic imine (C=N–C) groups is 1. The molecular weight excluding hydrogens is 535 g/mol. The second kappa shape index (κ2) is 14.4. The van der Waals surface area contributed by atoms with Gasteiger partial charge in [0.1, 0.15) is 0 Å². The molecule has 154 valence electrons. The summed E-state index contributed by atoms with van der Waals surface area (Å²) in [5.74, 6) is 0.742. The van der Waals surface area contributed by atoms with E-state index in [1.807, 2.05) is 42.1 Å². The van der Waals surface area contributed by atoms with Crippen LogP contribution in [0.1, 0.15) is 30.1 Å². The van der Waals surface area contributed by atoms with Crippen molar-refractivity contribution < 1.29 is 4.79 Å². The summed E-state index contributed by atoms with van der Waals surface area (Å²) in [6.07, 6.45) is 5.48. The third-order valence-corrected chi connectivity index (χ3v) is 4.23. The monoisotopic (exact) mass is 562 g/mol. The maximum absolute atomic E-state index is 12.1. The maximum Gasteiger partial charge on any atom is 0.251 e. The van der Waals surface area contributed by atoms with Gasteiger partial charge in [-0.05, 0) is 44.0 Å². The molecule has 0 aliphatic heterocycles. The van der Waals surface area contributed by atoms with Crippen molar-refractivity contribution in [1.82, 2.24) is 25.7 Å². The smallest absolute Gasteiger partial charge is 0.251 e. The summed E-state index contributed by atoms with van der Waals surface area (Å²) in [7, 11) is 0. The minimum atomic E-state index is -0.0597. The van der Waals surface area contributed by atoms with Gasteiger partial charge in [0, 0.05) is 55.2 Å². The molecule has 9 heteroatoms. The Kier molecular flexibility index (Phi) is 12.5. The second-order valence-corrected chi connectivity index (χ2v) is 6.85. The Bertz CT molecular complexity index is 723. The zero-order chi connectivity index (χ0) is 19.3. The highest BCUT2D eigenvalue weighted by Crippen LogP contribution is 2.11. The van der Waals surface area contributed by atoms with Crippen LogP contribution in [0.15, 0.2) is 52.2 Å². The zero-order valence-electron chi connectivity index (χ0n) is 16.0. The van der Waals surface area contributed by atoms with Crippen molar-refractivity contribution in [3.05, 3.63) is 52.8 Å². The van der Waals surface area contributed by atoms with Gasteiger partial charge in [-0.15, -0.1) is 24.0 Å². The number of guanidine groups is 1. The third-order valence-electron chi connectivity index (χ3n) is 3.74. The van der Waals surface area contributed by atoms with E-state index in [4.69, 9.17) is 0 Å². The first-order chi connectivity index (χ1) is 13.2. The lowest BCUT2D eigenvalue weighted by molar-refractivity contribution is 0.0953. The van der Waals surface area contributed by atoms with Gasteiger partial charge in [-0.2, -0.15) is 5.10 Å². The number of aryl methyl sites for hydroxylation is 1. The highest BCUT2D eigenvalue weighted by Gasteiger charge is 2.04. The fraction of sp³-hybridized carbons (Fsp3) is 0.421. The molecular formula is C19H28BrIN6O. The number of rotatable bonds is 10. The molecule has 1 amide bonds. The van der Waals surface area contributed by atoms with Gasteiger partial charge < -0.3 is 16.0 Å². The molecule has 0 radical (unpaired) electrons. The van der Waals surface area contributed by atoms with Gasteiger partial charge in [-0.25, -0.2) is 0 Å². The number of nitrogens with one attached hydrogen (secondary N) is 3. The van der Waals surface area contributed by atoms with Crippen LogP contribution in [0.4, 0.5) is 0 Å². The van der Waals surface area contributed by atoms with Gasteiger partial charge in [0.05, 0.1) is 0 Å². The van der Waals surface area contributed by atoms with Crippen molar-refractivity contribution in [3.8, 4) is 0 Å². The van der Waals surface area contributed by atoms with Crippen molar-refractivity contribution in [2.24, 2.45) is 4.99 Å². The first-order valence-electron chi connectivity index (χ1n) is 9.22. The first-order valence-corrected chi connectivity index (χ1v) is 10.0. The largest absolute Gasteiger partial charge is 0.357 e. The van der Waals surface area contributed by atoms with E-state index in [0.717, 1.165) is 49.5 Å². The summed E-state index contributed by atoms with van der Waals surface area (Å²) < 4.78 is 2.81. The van der Waals surface area contributed by atoms with Crippen molar-refractivity contribution >= 4 is 51.8 Å². The molecule has 0 aliphatic rings. The summed E-state index contributed by atoms with van der Waals surface area (Å²) in [4.78, 5) is 16.6. The molecule has 0 atom stereocenters. The molecule has 0 unspecified atom stereocenters. The summed E-state index contributed by atoms with van der Waals surface area (Å²) in [6.45, 7) is 5.79. The topological polar surface area (TPSA) is 83.3 Å². The highest BCUT2D eigenvalue weighted by atomic mass is 127. The molecule has 1 heterocycles. The lowest BCUT2D eigenvalue weighted by atomic mass is 10.2. The first kappa shape index (κ1) is 24.4. The van der Waals surface area contributed by atoms with E-state index in [0.29, 0.717) is 12.1 Å². The number of amides is 1. The Labute approximate surface area is 191 Å². The quantitative estimate of drug-likeness (QED) is 0.180. The molecule has 2 aromatic rings. The Balaban J connectivity index is 0.00000392. The minimum Gasteiger partial charge on any atom is -0.357 e. The lowest BCUT2D eigenvalue weighted by Gasteiger charge is -2.11. The molecule has 0 saturated heterocycles. The molecule has 7 nitrogen and oxygen atoms in total. The fourth-order valence-electron chi connectivity index (χ4n) is 2.43. The lowest BCUT2D eigenvalue weighted by Crippen LogP contribution is -2.39. The Morgan fingerprint density at radius 1 is 1.18 bits per heavy atom. The summed E-state index contributed by atoms with van der Waals surface area (Å²) in [5, 5.41) is 13.6.